The van der Waals surface area contributed by atoms with E-state index in [2.05, 4.69) is 31.3 Å². The number of benzene rings is 1. The van der Waals surface area contributed by atoms with Crippen molar-refractivity contribution < 1.29 is 14.6 Å². The van der Waals surface area contributed by atoms with Crippen molar-refractivity contribution in [3.63, 3.8) is 0 Å². The quantitative estimate of drug-likeness (QED) is 0.654. The van der Waals surface area contributed by atoms with E-state index in [1.165, 1.54) is 5.56 Å². The Morgan fingerprint density at radius 2 is 2.11 bits per heavy atom. The summed E-state index contributed by atoms with van der Waals surface area (Å²) in [6, 6.07) is 10.3. The van der Waals surface area contributed by atoms with Crippen LogP contribution < -0.4 is 10.1 Å². The lowest BCUT2D eigenvalue weighted by Crippen LogP contribution is -2.17. The molecule has 0 saturated heterocycles. The zero-order valence-electron chi connectivity index (χ0n) is 15.6. The number of aryl methyl sites for hydroxylation is 1. The Balaban J connectivity index is 1.97. The molecule has 6 heteroatoms. The molecule has 140 valence electrons. The molecule has 0 bridgehead atoms. The fourth-order valence-electron chi connectivity index (χ4n) is 3.74. The van der Waals surface area contributed by atoms with Gasteiger partial charge in [0.2, 0.25) is 0 Å². The number of hydrogen-bond donors (Lipinski definition) is 2. The van der Waals surface area contributed by atoms with Gasteiger partial charge in [0, 0.05) is 28.6 Å². The Labute approximate surface area is 162 Å². The van der Waals surface area contributed by atoms with Crippen LogP contribution in [-0.2, 0) is 13.0 Å². The van der Waals surface area contributed by atoms with Gasteiger partial charge in [-0.25, -0.2) is 4.79 Å². The van der Waals surface area contributed by atoms with Crippen molar-refractivity contribution in [2.24, 2.45) is 0 Å². The van der Waals surface area contributed by atoms with Gasteiger partial charge in [-0.3, -0.25) is 0 Å². The van der Waals surface area contributed by atoms with Crippen molar-refractivity contribution in [3.05, 3.63) is 47.0 Å². The molecule has 1 aliphatic heterocycles. The number of aromatic nitrogens is 1. The van der Waals surface area contributed by atoms with E-state index in [9.17, 15) is 9.90 Å². The zero-order chi connectivity index (χ0) is 19.1. The highest BCUT2D eigenvalue weighted by atomic mass is 32.1. The van der Waals surface area contributed by atoms with E-state index in [0.717, 1.165) is 39.6 Å². The zero-order valence-corrected chi connectivity index (χ0v) is 16.4. The summed E-state index contributed by atoms with van der Waals surface area (Å²) in [5.41, 5.74) is 5.47. The first-order chi connectivity index (χ1) is 13.0. The number of carboxylic acid groups (broad SMARTS) is 1. The minimum absolute atomic E-state index is 0.263. The van der Waals surface area contributed by atoms with Gasteiger partial charge in [0.25, 0.3) is 0 Å². The molecule has 0 spiro atoms. The van der Waals surface area contributed by atoms with Gasteiger partial charge >= 0.3 is 5.97 Å². The molecule has 3 heterocycles. The first-order valence-corrected chi connectivity index (χ1v) is 9.86. The number of fused-ring (bicyclic) bond motifs is 3. The highest BCUT2D eigenvalue weighted by Crippen LogP contribution is 2.44. The molecule has 27 heavy (non-hydrogen) atoms. The lowest BCUT2D eigenvalue weighted by molar-refractivity contribution is 0.0685. The largest absolute Gasteiger partial charge is 0.495 e. The minimum atomic E-state index is -0.892. The van der Waals surface area contributed by atoms with Crippen LogP contribution in [0.25, 0.3) is 21.7 Å². The lowest BCUT2D eigenvalue weighted by Gasteiger charge is -2.24. The number of nitrogens with one attached hydrogen (secondary N) is 1. The fraction of sp³-hybridized carbons (Fsp3) is 0.286. The Kier molecular flexibility index (Phi) is 4.44. The molecule has 0 fully saturated rings. The third-order valence-electron chi connectivity index (χ3n) is 4.83. The highest BCUT2D eigenvalue weighted by molar-refractivity contribution is 7.13. The van der Waals surface area contributed by atoms with E-state index in [-0.39, 0.29) is 6.04 Å². The van der Waals surface area contributed by atoms with E-state index in [1.807, 2.05) is 22.1 Å². The number of nitrogens with zero attached hydrogens (tertiary/aromatic N) is 1. The van der Waals surface area contributed by atoms with E-state index >= 15 is 0 Å². The second kappa shape index (κ2) is 6.78. The molecule has 1 aromatic carbocycles. The molecule has 0 atom stereocenters. The summed E-state index contributed by atoms with van der Waals surface area (Å²) in [5.74, 6) is -0.0739. The summed E-state index contributed by atoms with van der Waals surface area (Å²) in [7, 11) is 1.68. The van der Waals surface area contributed by atoms with Crippen LogP contribution in [0.3, 0.4) is 0 Å². The number of anilines is 1. The molecule has 1 aliphatic rings. The van der Waals surface area contributed by atoms with Crippen LogP contribution >= 0.6 is 11.3 Å². The molecule has 4 rings (SSSR count). The van der Waals surface area contributed by atoms with Gasteiger partial charge in [0.15, 0.2) is 0 Å². The topological polar surface area (TPSA) is 63.5 Å². The van der Waals surface area contributed by atoms with Gasteiger partial charge in [0.1, 0.15) is 11.4 Å². The van der Waals surface area contributed by atoms with Crippen molar-refractivity contribution in [1.29, 1.82) is 0 Å². The number of hydrogen-bond acceptors (Lipinski definition) is 4. The second-order valence-corrected chi connectivity index (χ2v) is 7.93. The normalized spacial score (nSPS) is 12.6. The molecule has 5 nitrogen and oxygen atoms in total. The smallest absolute Gasteiger partial charge is 0.352 e. The number of thiophene rings is 1. The lowest BCUT2D eigenvalue weighted by atomic mass is 9.94. The Bertz CT molecular complexity index is 1000. The van der Waals surface area contributed by atoms with Gasteiger partial charge < -0.3 is 19.7 Å². The summed E-state index contributed by atoms with van der Waals surface area (Å²) < 4.78 is 7.52. The molecule has 2 N–H and O–H groups in total. The molecule has 0 aliphatic carbocycles. The van der Waals surface area contributed by atoms with Crippen molar-refractivity contribution in [2.75, 3.05) is 12.4 Å². The summed E-state index contributed by atoms with van der Waals surface area (Å²) in [6.07, 6.45) is 0.777. The maximum Gasteiger partial charge on any atom is 0.352 e. The maximum atomic E-state index is 11.8. The van der Waals surface area contributed by atoms with Gasteiger partial charge in [-0.05, 0) is 55.5 Å². The molecular weight excluding hydrogens is 360 g/mol. The van der Waals surface area contributed by atoms with Crippen molar-refractivity contribution in [2.45, 2.75) is 32.9 Å². The average molecular weight is 382 g/mol. The van der Waals surface area contributed by atoms with Crippen LogP contribution in [0.5, 0.6) is 5.75 Å². The Morgan fingerprint density at radius 3 is 2.74 bits per heavy atom. The van der Waals surface area contributed by atoms with Gasteiger partial charge in [-0.2, -0.15) is 0 Å². The molecule has 2 aromatic heterocycles. The third-order valence-corrected chi connectivity index (χ3v) is 5.74. The van der Waals surface area contributed by atoms with Crippen molar-refractivity contribution in [1.82, 2.24) is 4.57 Å². The second-order valence-electron chi connectivity index (χ2n) is 6.98. The monoisotopic (exact) mass is 382 g/mol. The van der Waals surface area contributed by atoms with E-state index < -0.39 is 5.97 Å². The van der Waals surface area contributed by atoms with Gasteiger partial charge in [0.05, 0.1) is 18.5 Å². The van der Waals surface area contributed by atoms with E-state index in [0.29, 0.717) is 12.2 Å². The van der Waals surface area contributed by atoms with Crippen LogP contribution in [0.2, 0.25) is 0 Å². The number of ether oxygens (including phenoxy) is 1. The van der Waals surface area contributed by atoms with Crippen LogP contribution in [-0.4, -0.2) is 28.8 Å². The maximum absolute atomic E-state index is 11.8. The van der Waals surface area contributed by atoms with Gasteiger partial charge in [-0.15, -0.1) is 11.3 Å². The highest BCUT2D eigenvalue weighted by Gasteiger charge is 2.28. The first-order valence-electron chi connectivity index (χ1n) is 8.98. The molecule has 0 saturated carbocycles. The molecule has 0 amide bonds. The predicted molar refractivity (Wildman–Crippen MR) is 109 cm³/mol. The molecule has 0 unspecified atom stereocenters. The van der Waals surface area contributed by atoms with Crippen LogP contribution in [0.1, 0.15) is 29.9 Å². The van der Waals surface area contributed by atoms with Crippen LogP contribution in [0.4, 0.5) is 5.69 Å². The van der Waals surface area contributed by atoms with E-state index in [1.54, 1.807) is 24.5 Å². The number of carbonyl (C=O) groups is 1. The standard InChI is InChI=1S/C21H22N2O3S/c1-12(2)22-16-10-14-13(9-18(16)26-3)6-7-23-17(21(24)25)11-15(20(14)23)19-5-4-8-27-19/h4-5,8-12,22H,6-7H2,1-3H3,(H,24,25). The summed E-state index contributed by atoms with van der Waals surface area (Å²) >= 11 is 1.62. The molecule has 3 aromatic rings. The predicted octanol–water partition coefficient (Wildman–Crippen LogP) is 4.97. The first kappa shape index (κ1) is 17.7. The minimum Gasteiger partial charge on any atom is -0.495 e. The number of methoxy groups -OCH3 is 1. The van der Waals surface area contributed by atoms with Crippen LogP contribution in [0, 0.1) is 0 Å². The SMILES string of the molecule is COc1cc2c(cc1NC(C)C)-c1c(-c3cccs3)cc(C(=O)O)n1CC2. The third kappa shape index (κ3) is 3.00. The summed E-state index contributed by atoms with van der Waals surface area (Å²) in [4.78, 5) is 12.9. The number of aromatic carboxylic acids is 1. The Hall–Kier alpha value is -2.73. The molecular formula is C21H22N2O3S. The molecule has 0 radical (unpaired) electrons. The summed E-state index contributed by atoms with van der Waals surface area (Å²) in [6.45, 7) is 4.82. The fourth-order valence-corrected chi connectivity index (χ4v) is 4.49. The van der Waals surface area contributed by atoms with E-state index in [4.69, 9.17) is 4.74 Å². The average Bonchev–Trinajstić information content (AvgIpc) is 3.28. The van der Waals surface area contributed by atoms with Crippen LogP contribution in [0.15, 0.2) is 35.7 Å². The Morgan fingerprint density at radius 1 is 1.30 bits per heavy atom. The van der Waals surface area contributed by atoms with Crippen molar-refractivity contribution in [3.8, 4) is 27.4 Å². The number of rotatable bonds is 5. The summed E-state index contributed by atoms with van der Waals surface area (Å²) in [5, 5.41) is 15.2. The van der Waals surface area contributed by atoms with Gasteiger partial charge in [-0.1, -0.05) is 6.07 Å². The van der Waals surface area contributed by atoms with Crippen molar-refractivity contribution >= 4 is 23.0 Å². The number of carboxylic acids is 1.